The summed E-state index contributed by atoms with van der Waals surface area (Å²) in [4.78, 5) is 0. The van der Waals surface area contributed by atoms with Crippen molar-refractivity contribution >= 4 is 11.8 Å². The molecule has 0 N–H and O–H groups in total. The van der Waals surface area contributed by atoms with E-state index in [0.717, 1.165) is 22.3 Å². The van der Waals surface area contributed by atoms with Gasteiger partial charge in [-0.15, -0.1) is 20.4 Å². The number of thioether (sulfide) groups is 1. The summed E-state index contributed by atoms with van der Waals surface area (Å²) in [6, 6.07) is 19.5. The average Bonchev–Trinajstić information content (AvgIpc) is 3.33. The van der Waals surface area contributed by atoms with Crippen LogP contribution in [0.3, 0.4) is 0 Å². The molecule has 2 aromatic heterocycles. The highest BCUT2D eigenvalue weighted by atomic mass is 32.2. The van der Waals surface area contributed by atoms with Gasteiger partial charge in [0.15, 0.2) is 17.6 Å². The van der Waals surface area contributed by atoms with Gasteiger partial charge in [0.1, 0.15) is 5.75 Å². The number of para-hydroxylation sites is 1. The minimum Gasteiger partial charge on any atom is -0.484 e. The molecule has 8 heteroatoms. The first-order chi connectivity index (χ1) is 13.3. The zero-order chi connectivity index (χ0) is 18.5. The fourth-order valence-corrected chi connectivity index (χ4v) is 3.22. The predicted molar refractivity (Wildman–Crippen MR) is 101 cm³/mol. The van der Waals surface area contributed by atoms with Gasteiger partial charge in [0, 0.05) is 12.6 Å². The highest BCUT2D eigenvalue weighted by molar-refractivity contribution is 7.98. The van der Waals surface area contributed by atoms with Gasteiger partial charge in [-0.05, 0) is 12.1 Å². The van der Waals surface area contributed by atoms with Crippen molar-refractivity contribution in [1.82, 2.24) is 25.0 Å². The molecule has 0 aliphatic rings. The van der Waals surface area contributed by atoms with Crippen LogP contribution in [0.4, 0.5) is 0 Å². The number of ether oxygens (including phenoxy) is 1. The summed E-state index contributed by atoms with van der Waals surface area (Å²) in [6.07, 6.45) is 0. The van der Waals surface area contributed by atoms with Crippen molar-refractivity contribution in [2.75, 3.05) is 0 Å². The van der Waals surface area contributed by atoms with E-state index in [0.29, 0.717) is 17.5 Å². The fraction of sp³-hybridized carbons (Fsp3) is 0.158. The summed E-state index contributed by atoms with van der Waals surface area (Å²) in [5, 5.41) is 17.4. The molecular weight excluding hydrogens is 362 g/mol. The standard InChI is InChI=1S/C19H17N5O2S/c1-24-18(14-8-4-2-5-9-14)22-23-19(24)27-13-17-21-20-16(26-17)12-25-15-10-6-3-7-11-15/h2-11H,12-13H2,1H3. The molecule has 0 radical (unpaired) electrons. The SMILES string of the molecule is Cn1c(SCc2nnc(COc3ccccc3)o2)nnc1-c1ccccc1. The molecule has 2 aromatic carbocycles. The molecule has 7 nitrogen and oxygen atoms in total. The molecule has 0 aliphatic carbocycles. The van der Waals surface area contributed by atoms with Crippen molar-refractivity contribution in [2.45, 2.75) is 17.5 Å². The van der Waals surface area contributed by atoms with E-state index in [-0.39, 0.29) is 6.61 Å². The molecule has 2 heterocycles. The Hall–Kier alpha value is -3.13. The fourth-order valence-electron chi connectivity index (χ4n) is 2.47. The third-order valence-electron chi connectivity index (χ3n) is 3.81. The van der Waals surface area contributed by atoms with Crippen molar-refractivity contribution < 1.29 is 9.15 Å². The average molecular weight is 379 g/mol. The molecule has 4 rings (SSSR count). The maximum Gasteiger partial charge on any atom is 0.253 e. The lowest BCUT2D eigenvalue weighted by molar-refractivity contribution is 0.260. The van der Waals surface area contributed by atoms with Gasteiger partial charge in [0.05, 0.1) is 5.75 Å². The topological polar surface area (TPSA) is 78.9 Å². The molecule has 0 fully saturated rings. The third kappa shape index (κ3) is 4.17. The lowest BCUT2D eigenvalue weighted by Crippen LogP contribution is -1.95. The summed E-state index contributed by atoms with van der Waals surface area (Å²) in [5.41, 5.74) is 1.03. The molecule has 0 aliphatic heterocycles. The maximum absolute atomic E-state index is 5.63. The number of hydrogen-bond acceptors (Lipinski definition) is 7. The smallest absolute Gasteiger partial charge is 0.253 e. The van der Waals surface area contributed by atoms with Gasteiger partial charge in [0.2, 0.25) is 5.89 Å². The van der Waals surface area contributed by atoms with Crippen LogP contribution in [0.15, 0.2) is 70.2 Å². The summed E-state index contributed by atoms with van der Waals surface area (Å²) < 4.78 is 13.2. The first-order valence-corrected chi connectivity index (χ1v) is 9.35. The third-order valence-corrected chi connectivity index (χ3v) is 4.81. The quantitative estimate of drug-likeness (QED) is 0.453. The zero-order valence-electron chi connectivity index (χ0n) is 14.6. The Bertz CT molecular complexity index is 1000. The predicted octanol–water partition coefficient (Wildman–Crippen LogP) is 3.74. The van der Waals surface area contributed by atoms with Gasteiger partial charge in [-0.25, -0.2) is 0 Å². The molecule has 4 aromatic rings. The first-order valence-electron chi connectivity index (χ1n) is 8.36. The van der Waals surface area contributed by atoms with Crippen molar-refractivity contribution in [1.29, 1.82) is 0 Å². The van der Waals surface area contributed by atoms with E-state index in [9.17, 15) is 0 Å². The van der Waals surface area contributed by atoms with Crippen LogP contribution < -0.4 is 4.74 Å². The molecule has 0 atom stereocenters. The normalized spacial score (nSPS) is 10.9. The Balaban J connectivity index is 1.36. The van der Waals surface area contributed by atoms with Gasteiger partial charge in [-0.2, -0.15) is 0 Å². The molecule has 27 heavy (non-hydrogen) atoms. The van der Waals surface area contributed by atoms with Crippen molar-refractivity contribution in [2.24, 2.45) is 7.05 Å². The van der Waals surface area contributed by atoms with Crippen LogP contribution in [0, 0.1) is 0 Å². The Kier molecular flexibility index (Phi) is 5.15. The highest BCUT2D eigenvalue weighted by Gasteiger charge is 2.13. The van der Waals surface area contributed by atoms with E-state index in [1.807, 2.05) is 72.3 Å². The Morgan fingerprint density at radius 1 is 0.889 bits per heavy atom. The summed E-state index contributed by atoms with van der Waals surface area (Å²) >= 11 is 1.50. The van der Waals surface area contributed by atoms with E-state index in [4.69, 9.17) is 9.15 Å². The molecular formula is C19H17N5O2S. The van der Waals surface area contributed by atoms with Gasteiger partial charge in [-0.1, -0.05) is 60.3 Å². The van der Waals surface area contributed by atoms with Crippen molar-refractivity contribution in [3.63, 3.8) is 0 Å². The number of benzene rings is 2. The van der Waals surface area contributed by atoms with Gasteiger partial charge < -0.3 is 13.7 Å². The minimum atomic E-state index is 0.240. The van der Waals surface area contributed by atoms with Crippen LogP contribution in [0.5, 0.6) is 5.75 Å². The molecule has 0 unspecified atom stereocenters. The van der Waals surface area contributed by atoms with Gasteiger partial charge in [-0.3, -0.25) is 0 Å². The number of aromatic nitrogens is 5. The van der Waals surface area contributed by atoms with E-state index in [1.54, 1.807) is 0 Å². The van der Waals surface area contributed by atoms with Gasteiger partial charge >= 0.3 is 0 Å². The monoisotopic (exact) mass is 379 g/mol. The molecule has 0 spiro atoms. The molecule has 0 bridgehead atoms. The van der Waals surface area contributed by atoms with Crippen LogP contribution in [-0.4, -0.2) is 25.0 Å². The Morgan fingerprint density at radius 2 is 1.59 bits per heavy atom. The summed E-state index contributed by atoms with van der Waals surface area (Å²) in [6.45, 7) is 0.240. The second-order valence-electron chi connectivity index (χ2n) is 5.71. The molecule has 0 amide bonds. The van der Waals surface area contributed by atoms with Crippen molar-refractivity contribution in [3.8, 4) is 17.1 Å². The van der Waals surface area contributed by atoms with Crippen LogP contribution in [0.1, 0.15) is 11.8 Å². The van der Waals surface area contributed by atoms with E-state index < -0.39 is 0 Å². The number of nitrogens with zero attached hydrogens (tertiary/aromatic N) is 5. The van der Waals surface area contributed by atoms with Crippen LogP contribution in [-0.2, 0) is 19.4 Å². The van der Waals surface area contributed by atoms with Crippen LogP contribution >= 0.6 is 11.8 Å². The molecule has 0 saturated heterocycles. The first kappa shape index (κ1) is 17.3. The number of hydrogen-bond donors (Lipinski definition) is 0. The van der Waals surface area contributed by atoms with Crippen LogP contribution in [0.25, 0.3) is 11.4 Å². The second-order valence-corrected chi connectivity index (χ2v) is 6.65. The number of rotatable bonds is 7. The van der Waals surface area contributed by atoms with Crippen molar-refractivity contribution in [3.05, 3.63) is 72.4 Å². The van der Waals surface area contributed by atoms with E-state index in [2.05, 4.69) is 20.4 Å². The Morgan fingerprint density at radius 3 is 2.37 bits per heavy atom. The lowest BCUT2D eigenvalue weighted by atomic mass is 10.2. The van der Waals surface area contributed by atoms with Crippen LogP contribution in [0.2, 0.25) is 0 Å². The maximum atomic E-state index is 5.63. The van der Waals surface area contributed by atoms with E-state index in [1.165, 1.54) is 11.8 Å². The second kappa shape index (κ2) is 8.05. The molecule has 0 saturated carbocycles. The summed E-state index contributed by atoms with van der Waals surface area (Å²) in [7, 11) is 1.94. The largest absolute Gasteiger partial charge is 0.484 e. The minimum absolute atomic E-state index is 0.240. The summed E-state index contributed by atoms with van der Waals surface area (Å²) in [5.74, 6) is 3.06. The Labute approximate surface area is 160 Å². The van der Waals surface area contributed by atoms with E-state index >= 15 is 0 Å². The van der Waals surface area contributed by atoms with Gasteiger partial charge in [0.25, 0.3) is 5.89 Å². The molecule has 136 valence electrons. The highest BCUT2D eigenvalue weighted by Crippen LogP contribution is 2.24. The zero-order valence-corrected chi connectivity index (χ0v) is 15.5. The lowest BCUT2D eigenvalue weighted by Gasteiger charge is -2.02.